The van der Waals surface area contributed by atoms with Crippen LogP contribution in [0.25, 0.3) is 0 Å². The van der Waals surface area contributed by atoms with E-state index in [-0.39, 0.29) is 17.0 Å². The van der Waals surface area contributed by atoms with Gasteiger partial charge in [0, 0.05) is 5.88 Å². The van der Waals surface area contributed by atoms with Gasteiger partial charge in [0.05, 0.1) is 26.2 Å². The lowest BCUT2D eigenvalue weighted by Crippen LogP contribution is -3.00. The average Bonchev–Trinajstić information content (AvgIpc) is 2.56. The first kappa shape index (κ1) is 27.0. The van der Waals surface area contributed by atoms with Gasteiger partial charge in [0.15, 0.2) is 0 Å². The van der Waals surface area contributed by atoms with Crippen LogP contribution in [0.4, 0.5) is 0 Å². The molecule has 0 saturated heterocycles. The van der Waals surface area contributed by atoms with Crippen LogP contribution in [0.5, 0.6) is 0 Å². The van der Waals surface area contributed by atoms with E-state index >= 15 is 0 Å². The average molecular weight is 427 g/mol. The van der Waals surface area contributed by atoms with Crippen molar-refractivity contribution in [2.24, 2.45) is 0 Å². The van der Waals surface area contributed by atoms with Gasteiger partial charge in [0.1, 0.15) is 0 Å². The van der Waals surface area contributed by atoms with Gasteiger partial charge in [-0.15, -0.1) is 11.6 Å². The zero-order valence-electron chi connectivity index (χ0n) is 16.9. The van der Waals surface area contributed by atoms with Crippen molar-refractivity contribution in [3.63, 3.8) is 0 Å². The molecule has 1 nitrogen and oxygen atoms in total. The molecule has 0 heterocycles. The van der Waals surface area contributed by atoms with E-state index in [1.165, 1.54) is 114 Å². The lowest BCUT2D eigenvalue weighted by molar-refractivity contribution is -0.929. The maximum Gasteiger partial charge on any atom is 0.0787 e. The number of hydrogen-bond acceptors (Lipinski definition) is 0. The Bertz CT molecular complexity index is 212. The molecule has 0 aliphatic carbocycles. The minimum absolute atomic E-state index is 0. The highest BCUT2D eigenvalue weighted by molar-refractivity contribution is 6.17. The summed E-state index contributed by atoms with van der Waals surface area (Å²) in [6, 6.07) is 0. The zero-order chi connectivity index (χ0) is 17.2. The second kappa shape index (κ2) is 20.0. The Morgan fingerprint density at radius 2 is 0.833 bits per heavy atom. The fourth-order valence-corrected chi connectivity index (χ4v) is 3.85. The Labute approximate surface area is 169 Å². The van der Waals surface area contributed by atoms with Crippen molar-refractivity contribution in [1.82, 2.24) is 0 Å². The molecule has 3 heteroatoms. The maximum absolute atomic E-state index is 5.94. The molecular formula is C21H45BrClN. The fraction of sp³-hybridized carbons (Fsp3) is 1.00. The third-order valence-electron chi connectivity index (χ3n) is 5.22. The summed E-state index contributed by atoms with van der Waals surface area (Å²) in [4.78, 5) is 0. The number of rotatable bonds is 18. The molecule has 0 rings (SSSR count). The Hall–Kier alpha value is 0.730. The molecule has 148 valence electrons. The lowest BCUT2D eigenvalue weighted by Gasteiger charge is -2.39. The number of halogens is 2. The van der Waals surface area contributed by atoms with Gasteiger partial charge < -0.3 is 21.5 Å². The van der Waals surface area contributed by atoms with E-state index in [1.54, 1.807) is 0 Å². The summed E-state index contributed by atoms with van der Waals surface area (Å²) in [7, 11) is 0. The normalized spacial score (nSPS) is 11.5. The summed E-state index contributed by atoms with van der Waals surface area (Å²) in [6.07, 6.45) is 17.9. The molecule has 0 aliphatic heterocycles. The minimum atomic E-state index is 0. The molecule has 0 aromatic rings. The molecule has 0 aromatic heterocycles. The van der Waals surface area contributed by atoms with Crippen molar-refractivity contribution in [2.45, 2.75) is 104 Å². The predicted molar refractivity (Wildman–Crippen MR) is 107 cm³/mol. The van der Waals surface area contributed by atoms with Crippen molar-refractivity contribution in [2.75, 3.05) is 32.1 Å². The molecule has 0 atom stereocenters. The van der Waals surface area contributed by atoms with Gasteiger partial charge in [-0.05, 0) is 51.4 Å². The summed E-state index contributed by atoms with van der Waals surface area (Å²) in [6.45, 7) is 12.6. The summed E-state index contributed by atoms with van der Waals surface area (Å²) in [5.41, 5.74) is 0. The molecule has 0 N–H and O–H groups in total. The summed E-state index contributed by atoms with van der Waals surface area (Å²) in [5.74, 6) is 0.834. The van der Waals surface area contributed by atoms with Gasteiger partial charge in [-0.2, -0.15) is 0 Å². The van der Waals surface area contributed by atoms with E-state index in [9.17, 15) is 0 Å². The first-order valence-electron chi connectivity index (χ1n) is 10.7. The van der Waals surface area contributed by atoms with E-state index in [0.29, 0.717) is 0 Å². The highest BCUT2D eigenvalue weighted by Crippen LogP contribution is 2.18. The summed E-state index contributed by atoms with van der Waals surface area (Å²) in [5, 5.41) is 0. The van der Waals surface area contributed by atoms with Crippen molar-refractivity contribution in [3.05, 3.63) is 0 Å². The van der Waals surface area contributed by atoms with Crippen LogP contribution in [0.15, 0.2) is 0 Å². The van der Waals surface area contributed by atoms with Crippen molar-refractivity contribution >= 4 is 11.6 Å². The smallest absolute Gasteiger partial charge is 0.0787 e. The van der Waals surface area contributed by atoms with Crippen molar-refractivity contribution in [3.8, 4) is 0 Å². The van der Waals surface area contributed by atoms with Gasteiger partial charge in [-0.25, -0.2) is 0 Å². The van der Waals surface area contributed by atoms with E-state index in [0.717, 1.165) is 5.88 Å². The molecule has 0 bridgehead atoms. The van der Waals surface area contributed by atoms with Crippen molar-refractivity contribution < 1.29 is 21.5 Å². The Kier molecular flexibility index (Phi) is 22.5. The highest BCUT2D eigenvalue weighted by atomic mass is 79.9. The summed E-state index contributed by atoms with van der Waals surface area (Å²) < 4.78 is 1.39. The molecular weight excluding hydrogens is 382 g/mol. The number of unbranched alkanes of at least 4 members (excludes halogenated alkanes) is 9. The van der Waals surface area contributed by atoms with Crippen LogP contribution in [0.2, 0.25) is 0 Å². The van der Waals surface area contributed by atoms with Crippen LogP contribution < -0.4 is 17.0 Å². The minimum Gasteiger partial charge on any atom is -1.00 e. The lowest BCUT2D eigenvalue weighted by atomic mass is 10.1. The maximum atomic E-state index is 5.94. The Morgan fingerprint density at radius 1 is 0.500 bits per heavy atom. The molecule has 0 aromatic carbocycles. The second-order valence-corrected chi connectivity index (χ2v) is 7.84. The molecule has 0 spiro atoms. The number of alkyl halides is 1. The summed E-state index contributed by atoms with van der Waals surface area (Å²) >= 11 is 5.94. The van der Waals surface area contributed by atoms with Crippen LogP contribution in [-0.4, -0.2) is 36.5 Å². The third kappa shape index (κ3) is 15.0. The third-order valence-corrected chi connectivity index (χ3v) is 5.49. The topological polar surface area (TPSA) is 0 Å². The second-order valence-electron chi connectivity index (χ2n) is 7.46. The highest BCUT2D eigenvalue weighted by Gasteiger charge is 2.25. The van der Waals surface area contributed by atoms with Crippen LogP contribution in [0, 0.1) is 0 Å². The van der Waals surface area contributed by atoms with Crippen LogP contribution >= 0.6 is 11.6 Å². The van der Waals surface area contributed by atoms with Gasteiger partial charge in [0.25, 0.3) is 0 Å². The van der Waals surface area contributed by atoms with Gasteiger partial charge in [0.2, 0.25) is 0 Å². The molecule has 0 aliphatic rings. The number of nitrogens with zero attached hydrogens (tertiary/aromatic N) is 1. The Morgan fingerprint density at radius 3 is 1.21 bits per heavy atom. The first-order chi connectivity index (χ1) is 11.2. The number of hydrogen-bond donors (Lipinski definition) is 0. The van der Waals surface area contributed by atoms with E-state index < -0.39 is 0 Å². The van der Waals surface area contributed by atoms with E-state index in [2.05, 4.69) is 20.8 Å². The van der Waals surface area contributed by atoms with E-state index in [4.69, 9.17) is 11.6 Å². The zero-order valence-corrected chi connectivity index (χ0v) is 19.3. The largest absolute Gasteiger partial charge is 1.00 e. The molecule has 0 fully saturated rings. The quantitative estimate of drug-likeness (QED) is 0.175. The molecule has 0 radical (unpaired) electrons. The first-order valence-corrected chi connectivity index (χ1v) is 11.2. The van der Waals surface area contributed by atoms with Gasteiger partial charge >= 0.3 is 0 Å². The van der Waals surface area contributed by atoms with Gasteiger partial charge in [-0.3, -0.25) is 0 Å². The fourth-order valence-electron chi connectivity index (χ4n) is 3.66. The standard InChI is InChI=1S/C21H45ClN.BrH/c1-4-7-10-14-19-23(18-13-9-6-3,21-16-12-17-22)20-15-11-8-5-2;/h4-21H2,1-3H3;1H/q+1;/p-1. The van der Waals surface area contributed by atoms with Crippen LogP contribution in [-0.2, 0) is 0 Å². The predicted octanol–water partition coefficient (Wildman–Crippen LogP) is 4.18. The molecule has 0 amide bonds. The SMILES string of the molecule is CCCCCC[N+](CCCCC)(CCCCCl)CCCCCC.[Br-]. The molecule has 0 unspecified atom stereocenters. The Balaban J connectivity index is 0. The van der Waals surface area contributed by atoms with Crippen LogP contribution in [0.3, 0.4) is 0 Å². The van der Waals surface area contributed by atoms with Crippen LogP contribution in [0.1, 0.15) is 104 Å². The van der Waals surface area contributed by atoms with Gasteiger partial charge in [-0.1, -0.05) is 52.9 Å². The molecule has 24 heavy (non-hydrogen) atoms. The van der Waals surface area contributed by atoms with E-state index in [1.807, 2.05) is 0 Å². The molecule has 0 saturated carbocycles. The number of quaternary nitrogens is 1. The monoisotopic (exact) mass is 425 g/mol. The van der Waals surface area contributed by atoms with Crippen molar-refractivity contribution in [1.29, 1.82) is 0 Å².